The second-order valence-corrected chi connectivity index (χ2v) is 9.16. The summed E-state index contributed by atoms with van der Waals surface area (Å²) in [6.45, 7) is -2.89. The van der Waals surface area contributed by atoms with Crippen LogP contribution in [0.25, 0.3) is 0 Å². The Kier molecular flexibility index (Phi) is 6.45. The summed E-state index contributed by atoms with van der Waals surface area (Å²) in [6.07, 6.45) is 0. The van der Waals surface area contributed by atoms with Crippen molar-refractivity contribution >= 4 is 16.0 Å². The maximum absolute atomic E-state index is 14.6. The van der Waals surface area contributed by atoms with Gasteiger partial charge < -0.3 is 14.2 Å². The molecule has 2 heterocycles. The van der Waals surface area contributed by atoms with E-state index in [2.05, 4.69) is 14.9 Å². The Morgan fingerprint density at radius 1 is 0.971 bits per heavy atom. The Labute approximate surface area is 190 Å². The van der Waals surface area contributed by atoms with Gasteiger partial charge in [0.15, 0.2) is 0 Å². The highest BCUT2D eigenvalue weighted by Gasteiger charge is 2.40. The van der Waals surface area contributed by atoms with Crippen LogP contribution in [0.3, 0.4) is 0 Å². The maximum atomic E-state index is 14.6. The Morgan fingerprint density at radius 2 is 1.59 bits per heavy atom. The number of alkyl halides is 4. The first-order valence-electron chi connectivity index (χ1n) is 9.85. The molecule has 0 aliphatic carbocycles. The van der Waals surface area contributed by atoms with E-state index in [1.807, 2.05) is 0 Å². The molecule has 4 rings (SSSR count). The number of sulfonamides is 1. The molecule has 0 amide bonds. The summed E-state index contributed by atoms with van der Waals surface area (Å²) in [5, 5.41) is 3.34. The lowest BCUT2D eigenvalue weighted by atomic mass is 10.1. The molecule has 8 nitrogen and oxygen atoms in total. The molecule has 1 fully saturated rings. The standard InChI is InChI=1S/C20H17F5N4O4S/c21-14-3-1-13(2-4-14)20(24,25)17-26-19(33-27-17)28-9-11-29(12-10-28)34(30,31)16-7-5-15(6-8-16)32-18(22)23/h1-8,18H,9-12H2. The van der Waals surface area contributed by atoms with E-state index in [-0.39, 0.29) is 42.8 Å². The third-order valence-corrected chi connectivity index (χ3v) is 7.01. The zero-order valence-corrected chi connectivity index (χ0v) is 18.1. The van der Waals surface area contributed by atoms with Crippen molar-refractivity contribution in [2.45, 2.75) is 17.4 Å². The number of ether oxygens (including phenoxy) is 1. The van der Waals surface area contributed by atoms with Crippen LogP contribution < -0.4 is 9.64 Å². The Balaban J connectivity index is 1.42. The SMILES string of the molecule is O=S(=O)(c1ccc(OC(F)F)cc1)N1CCN(c2nc(C(F)(F)c3ccc(F)cc3)no2)CC1. The van der Waals surface area contributed by atoms with Crippen molar-refractivity contribution in [3.05, 3.63) is 65.7 Å². The average molecular weight is 504 g/mol. The largest absolute Gasteiger partial charge is 0.435 e. The second-order valence-electron chi connectivity index (χ2n) is 7.22. The first-order chi connectivity index (χ1) is 16.1. The zero-order chi connectivity index (χ0) is 24.5. The summed E-state index contributed by atoms with van der Waals surface area (Å²) < 4.78 is 103. The van der Waals surface area contributed by atoms with Crippen LogP contribution in [0, 0.1) is 5.82 Å². The molecule has 182 valence electrons. The molecule has 0 atom stereocenters. The van der Waals surface area contributed by atoms with E-state index in [1.165, 1.54) is 4.90 Å². The molecule has 34 heavy (non-hydrogen) atoms. The van der Waals surface area contributed by atoms with Crippen LogP contribution in [-0.4, -0.2) is 55.7 Å². The quantitative estimate of drug-likeness (QED) is 0.456. The molecule has 1 aliphatic heterocycles. The minimum absolute atomic E-state index is 0.0102. The number of aromatic nitrogens is 2. The fourth-order valence-corrected chi connectivity index (χ4v) is 4.74. The van der Waals surface area contributed by atoms with Crippen molar-refractivity contribution in [1.29, 1.82) is 0 Å². The Bertz CT molecular complexity index is 1230. The van der Waals surface area contributed by atoms with E-state index in [0.717, 1.165) is 52.8 Å². The number of piperazine rings is 1. The fourth-order valence-electron chi connectivity index (χ4n) is 3.32. The van der Waals surface area contributed by atoms with E-state index in [9.17, 15) is 30.4 Å². The summed E-state index contributed by atoms with van der Waals surface area (Å²) in [5.74, 6) is -5.38. The molecular formula is C20H17F5N4O4S. The van der Waals surface area contributed by atoms with Crippen molar-refractivity contribution in [3.63, 3.8) is 0 Å². The monoisotopic (exact) mass is 504 g/mol. The third kappa shape index (κ3) is 4.82. The summed E-state index contributed by atoms with van der Waals surface area (Å²) in [4.78, 5) is 5.10. The molecule has 3 aromatic rings. The van der Waals surface area contributed by atoms with Crippen LogP contribution in [0.2, 0.25) is 0 Å². The molecule has 1 aliphatic rings. The molecule has 0 bridgehead atoms. The van der Waals surface area contributed by atoms with Gasteiger partial charge in [0.05, 0.1) is 4.90 Å². The summed E-state index contributed by atoms with van der Waals surface area (Å²) in [6, 6.07) is 7.96. The number of anilines is 1. The molecule has 0 N–H and O–H groups in total. The highest BCUT2D eigenvalue weighted by molar-refractivity contribution is 7.89. The second kappa shape index (κ2) is 9.18. The number of hydrogen-bond donors (Lipinski definition) is 0. The van der Waals surface area contributed by atoms with Gasteiger partial charge in [0.25, 0.3) is 0 Å². The lowest BCUT2D eigenvalue weighted by Crippen LogP contribution is -2.48. The molecule has 0 spiro atoms. The van der Waals surface area contributed by atoms with Crippen LogP contribution in [-0.2, 0) is 15.9 Å². The topological polar surface area (TPSA) is 88.8 Å². The zero-order valence-electron chi connectivity index (χ0n) is 17.2. The normalized spacial score (nSPS) is 15.6. The van der Waals surface area contributed by atoms with Crippen LogP contribution in [0.1, 0.15) is 11.4 Å². The van der Waals surface area contributed by atoms with Gasteiger partial charge >= 0.3 is 18.5 Å². The van der Waals surface area contributed by atoms with E-state index < -0.39 is 39.8 Å². The van der Waals surface area contributed by atoms with Gasteiger partial charge in [0, 0.05) is 31.7 Å². The first-order valence-corrected chi connectivity index (χ1v) is 11.3. The lowest BCUT2D eigenvalue weighted by Gasteiger charge is -2.32. The van der Waals surface area contributed by atoms with Crippen molar-refractivity contribution < 1.29 is 39.6 Å². The highest BCUT2D eigenvalue weighted by atomic mass is 32.2. The van der Waals surface area contributed by atoms with Crippen molar-refractivity contribution in [3.8, 4) is 5.75 Å². The first kappa shape index (κ1) is 23.9. The average Bonchev–Trinajstić information content (AvgIpc) is 3.31. The predicted octanol–water partition coefficient (Wildman–Crippen LogP) is 3.46. The molecule has 0 radical (unpaired) electrons. The molecule has 2 aromatic carbocycles. The highest BCUT2D eigenvalue weighted by Crippen LogP contribution is 2.35. The molecule has 1 saturated heterocycles. The minimum atomic E-state index is -3.92. The van der Waals surface area contributed by atoms with E-state index in [1.54, 1.807) is 0 Å². The van der Waals surface area contributed by atoms with Crippen molar-refractivity contribution in [1.82, 2.24) is 14.4 Å². The van der Waals surface area contributed by atoms with Crippen LogP contribution in [0.5, 0.6) is 5.75 Å². The number of benzene rings is 2. The van der Waals surface area contributed by atoms with Crippen molar-refractivity contribution in [2.75, 3.05) is 31.1 Å². The van der Waals surface area contributed by atoms with Crippen LogP contribution in [0.4, 0.5) is 28.0 Å². The van der Waals surface area contributed by atoms with Crippen LogP contribution in [0.15, 0.2) is 57.9 Å². The smallest absolute Gasteiger partial charge is 0.387 e. The van der Waals surface area contributed by atoms with E-state index >= 15 is 0 Å². The third-order valence-electron chi connectivity index (χ3n) is 5.10. The summed E-state index contributed by atoms with van der Waals surface area (Å²) in [5.41, 5.74) is -0.512. The molecular weight excluding hydrogens is 487 g/mol. The number of hydrogen-bond acceptors (Lipinski definition) is 7. The van der Waals surface area contributed by atoms with Gasteiger partial charge in [-0.25, -0.2) is 12.8 Å². The van der Waals surface area contributed by atoms with Gasteiger partial charge in [-0.3, -0.25) is 0 Å². The van der Waals surface area contributed by atoms with Gasteiger partial charge in [0.1, 0.15) is 11.6 Å². The van der Waals surface area contributed by atoms with Gasteiger partial charge in [-0.1, -0.05) is 5.16 Å². The lowest BCUT2D eigenvalue weighted by molar-refractivity contribution is -0.0498. The van der Waals surface area contributed by atoms with E-state index in [0.29, 0.717) is 0 Å². The Morgan fingerprint density at radius 3 is 2.18 bits per heavy atom. The molecule has 14 heteroatoms. The van der Waals surface area contributed by atoms with Gasteiger partial charge in [-0.05, 0) is 48.5 Å². The number of nitrogens with zero attached hydrogens (tertiary/aromatic N) is 4. The van der Waals surface area contributed by atoms with Crippen LogP contribution >= 0.6 is 0 Å². The summed E-state index contributed by atoms with van der Waals surface area (Å²) in [7, 11) is -3.92. The molecule has 1 aromatic heterocycles. The Hall–Kier alpha value is -3.26. The molecule has 0 saturated carbocycles. The fraction of sp³-hybridized carbons (Fsp3) is 0.300. The van der Waals surface area contributed by atoms with E-state index in [4.69, 9.17) is 4.52 Å². The van der Waals surface area contributed by atoms with Gasteiger partial charge in [-0.2, -0.15) is 26.9 Å². The summed E-state index contributed by atoms with van der Waals surface area (Å²) >= 11 is 0. The maximum Gasteiger partial charge on any atom is 0.387 e. The van der Waals surface area contributed by atoms with Gasteiger partial charge in [0.2, 0.25) is 15.8 Å². The number of halogens is 5. The van der Waals surface area contributed by atoms with Gasteiger partial charge in [-0.15, -0.1) is 0 Å². The predicted molar refractivity (Wildman–Crippen MR) is 108 cm³/mol. The minimum Gasteiger partial charge on any atom is -0.435 e. The number of rotatable bonds is 7. The molecule has 0 unspecified atom stereocenters. The van der Waals surface area contributed by atoms with Crippen molar-refractivity contribution in [2.24, 2.45) is 0 Å².